The van der Waals surface area contributed by atoms with Crippen molar-refractivity contribution in [1.29, 1.82) is 0 Å². The van der Waals surface area contributed by atoms with Gasteiger partial charge in [0, 0.05) is 55.1 Å². The van der Waals surface area contributed by atoms with Crippen LogP contribution in [-0.2, 0) is 26.0 Å². The molecule has 1 aromatic heterocycles. The van der Waals surface area contributed by atoms with E-state index in [4.69, 9.17) is 0 Å². The van der Waals surface area contributed by atoms with Gasteiger partial charge in [-0.25, -0.2) is 4.57 Å². The Kier molecular flexibility index (Phi) is 7.32. The van der Waals surface area contributed by atoms with E-state index in [1.54, 1.807) is 0 Å². The summed E-state index contributed by atoms with van der Waals surface area (Å²) in [7, 11) is 0. The van der Waals surface area contributed by atoms with E-state index in [0.717, 1.165) is 30.0 Å². The molecule has 0 unspecified atom stereocenters. The second kappa shape index (κ2) is 10.1. The molecule has 0 aliphatic rings. The summed E-state index contributed by atoms with van der Waals surface area (Å²) in [6, 6.07) is 34.2. The van der Waals surface area contributed by atoms with Crippen LogP contribution in [0.3, 0.4) is 0 Å². The van der Waals surface area contributed by atoms with Gasteiger partial charge in [-0.3, -0.25) is 0 Å². The summed E-state index contributed by atoms with van der Waals surface area (Å²) in [5.41, 5.74) is 5.93. The molecule has 0 N–H and O–H groups in total. The van der Waals surface area contributed by atoms with Crippen molar-refractivity contribution < 1.29 is 24.0 Å². The zero-order valence-corrected chi connectivity index (χ0v) is 19.9. The van der Waals surface area contributed by atoms with Gasteiger partial charge in [-0.05, 0) is 47.5 Å². The predicted octanol–water partition coefficient (Wildman–Crippen LogP) is 6.52. The molecule has 0 aliphatic carbocycles. The molecule has 0 aliphatic heterocycles. The monoisotopic (exact) mass is 429 g/mol. The van der Waals surface area contributed by atoms with Gasteiger partial charge in [-0.2, -0.15) is 0 Å². The SMILES string of the molecule is CCC[n+]1ccc(-c2ccc(N(c3ccccc3)c3ccccc3)cc2)cc1.[Zn]. The minimum atomic E-state index is 0. The number of benzene rings is 3. The maximum atomic E-state index is 2.28. The summed E-state index contributed by atoms with van der Waals surface area (Å²) in [5, 5.41) is 0. The first-order valence-electron chi connectivity index (χ1n) is 9.85. The van der Waals surface area contributed by atoms with E-state index in [0.29, 0.717) is 0 Å². The fourth-order valence-electron chi connectivity index (χ4n) is 3.46. The fourth-order valence-corrected chi connectivity index (χ4v) is 3.46. The molecule has 0 atom stereocenters. The number of pyridine rings is 1. The van der Waals surface area contributed by atoms with Gasteiger partial charge in [0.15, 0.2) is 12.4 Å². The van der Waals surface area contributed by atoms with Gasteiger partial charge in [-0.15, -0.1) is 0 Å². The Morgan fingerprint density at radius 1 is 0.586 bits per heavy atom. The van der Waals surface area contributed by atoms with Crippen molar-refractivity contribution in [2.75, 3.05) is 4.90 Å². The second-order valence-electron chi connectivity index (χ2n) is 6.88. The number of aromatic nitrogens is 1. The van der Waals surface area contributed by atoms with Gasteiger partial charge < -0.3 is 4.90 Å². The average molecular weight is 431 g/mol. The molecule has 0 spiro atoms. The van der Waals surface area contributed by atoms with Crippen LogP contribution in [0, 0.1) is 0 Å². The van der Waals surface area contributed by atoms with Crippen molar-refractivity contribution in [2.45, 2.75) is 19.9 Å². The summed E-state index contributed by atoms with van der Waals surface area (Å²) >= 11 is 0. The van der Waals surface area contributed by atoms with Gasteiger partial charge >= 0.3 is 0 Å². The summed E-state index contributed by atoms with van der Waals surface area (Å²) in [5.74, 6) is 0. The van der Waals surface area contributed by atoms with Crippen LogP contribution < -0.4 is 9.47 Å². The molecule has 4 aromatic rings. The topological polar surface area (TPSA) is 7.12 Å². The van der Waals surface area contributed by atoms with Crippen LogP contribution in [0.5, 0.6) is 0 Å². The fraction of sp³-hybridized carbons (Fsp3) is 0.115. The van der Waals surface area contributed by atoms with E-state index < -0.39 is 0 Å². The molecule has 0 saturated heterocycles. The molecule has 0 radical (unpaired) electrons. The maximum absolute atomic E-state index is 2.28. The number of rotatable bonds is 6. The Labute approximate surface area is 186 Å². The zero-order valence-electron chi connectivity index (χ0n) is 16.9. The van der Waals surface area contributed by atoms with Gasteiger partial charge in [0.1, 0.15) is 6.54 Å². The summed E-state index contributed by atoms with van der Waals surface area (Å²) in [6.07, 6.45) is 5.47. The first-order chi connectivity index (χ1) is 13.8. The molecule has 0 amide bonds. The van der Waals surface area contributed by atoms with Gasteiger partial charge in [0.05, 0.1) is 0 Å². The van der Waals surface area contributed by atoms with Crippen LogP contribution >= 0.6 is 0 Å². The Hall–Kier alpha value is -2.77. The molecule has 3 aromatic carbocycles. The molecule has 140 valence electrons. The summed E-state index contributed by atoms with van der Waals surface area (Å²) in [6.45, 7) is 3.26. The van der Waals surface area contributed by atoms with E-state index in [9.17, 15) is 0 Å². The van der Waals surface area contributed by atoms with Crippen molar-refractivity contribution in [1.82, 2.24) is 0 Å². The second-order valence-corrected chi connectivity index (χ2v) is 6.88. The standard InChI is InChI=1S/C26H25N2.Zn/c1-2-19-27-20-17-23(18-21-27)22-13-15-26(16-14-22)28(24-9-5-3-6-10-24)25-11-7-4-8-12-25;/h3-18,20-21H,2,19H2,1H3;/q+1;. The molecule has 2 nitrogen and oxygen atoms in total. The smallest absolute Gasteiger partial charge is 0.169 e. The molecule has 0 saturated carbocycles. The van der Waals surface area contributed by atoms with Crippen LogP contribution in [0.1, 0.15) is 13.3 Å². The molecule has 0 bridgehead atoms. The summed E-state index contributed by atoms with van der Waals surface area (Å²) < 4.78 is 2.23. The summed E-state index contributed by atoms with van der Waals surface area (Å²) in [4.78, 5) is 2.28. The molecule has 0 fully saturated rings. The number of hydrogen-bond donors (Lipinski definition) is 0. The normalized spacial score (nSPS) is 10.2. The third kappa shape index (κ3) is 4.99. The van der Waals surface area contributed by atoms with E-state index >= 15 is 0 Å². The maximum Gasteiger partial charge on any atom is 0.169 e. The van der Waals surface area contributed by atoms with Crippen molar-refractivity contribution in [2.24, 2.45) is 0 Å². The largest absolute Gasteiger partial charge is 0.311 e. The van der Waals surface area contributed by atoms with E-state index in [1.807, 2.05) is 0 Å². The Morgan fingerprint density at radius 3 is 1.52 bits per heavy atom. The molecule has 29 heavy (non-hydrogen) atoms. The Morgan fingerprint density at radius 2 is 1.03 bits per heavy atom. The van der Waals surface area contributed by atoms with E-state index in [1.165, 1.54) is 11.1 Å². The van der Waals surface area contributed by atoms with Crippen molar-refractivity contribution in [3.63, 3.8) is 0 Å². The Bertz CT molecular complexity index is 959. The molecule has 3 heteroatoms. The predicted molar refractivity (Wildman–Crippen MR) is 117 cm³/mol. The van der Waals surface area contributed by atoms with Crippen molar-refractivity contribution in [3.8, 4) is 11.1 Å². The molecular weight excluding hydrogens is 406 g/mol. The van der Waals surface area contributed by atoms with Gasteiger partial charge in [-0.1, -0.05) is 55.5 Å². The first kappa shape index (κ1) is 21.0. The number of anilines is 3. The minimum absolute atomic E-state index is 0. The van der Waals surface area contributed by atoms with Gasteiger partial charge in [0.2, 0.25) is 0 Å². The van der Waals surface area contributed by atoms with E-state index in [-0.39, 0.29) is 19.5 Å². The van der Waals surface area contributed by atoms with Crippen LogP contribution in [0.2, 0.25) is 0 Å². The van der Waals surface area contributed by atoms with Crippen LogP contribution in [0.4, 0.5) is 17.1 Å². The van der Waals surface area contributed by atoms with Crippen molar-refractivity contribution >= 4 is 17.1 Å². The number of para-hydroxylation sites is 2. The third-order valence-electron chi connectivity index (χ3n) is 4.86. The number of nitrogens with zero attached hydrogens (tertiary/aromatic N) is 2. The third-order valence-corrected chi connectivity index (χ3v) is 4.86. The van der Waals surface area contributed by atoms with Crippen molar-refractivity contribution in [3.05, 3.63) is 109 Å². The average Bonchev–Trinajstić information content (AvgIpc) is 2.77. The van der Waals surface area contributed by atoms with E-state index in [2.05, 4.69) is 126 Å². The molecule has 4 rings (SSSR count). The van der Waals surface area contributed by atoms with Gasteiger partial charge in [0.25, 0.3) is 0 Å². The molecular formula is C26H25N2Zn+. The van der Waals surface area contributed by atoms with Crippen LogP contribution in [0.15, 0.2) is 109 Å². The first-order valence-corrected chi connectivity index (χ1v) is 9.85. The quantitative estimate of drug-likeness (QED) is 0.249. The van der Waals surface area contributed by atoms with Crippen LogP contribution in [0.25, 0.3) is 11.1 Å². The zero-order chi connectivity index (χ0) is 19.2. The Balaban J connectivity index is 0.00000240. The molecule has 1 heterocycles. The minimum Gasteiger partial charge on any atom is -0.311 e. The number of hydrogen-bond acceptors (Lipinski definition) is 1. The number of aryl methyl sites for hydroxylation is 1. The van der Waals surface area contributed by atoms with Crippen LogP contribution in [-0.4, -0.2) is 0 Å².